The van der Waals surface area contributed by atoms with Crippen molar-refractivity contribution in [2.75, 3.05) is 24.4 Å². The highest BCUT2D eigenvalue weighted by Gasteiger charge is 2.45. The average Bonchev–Trinajstić information content (AvgIpc) is 2.94. The van der Waals surface area contributed by atoms with E-state index in [1.807, 2.05) is 12.1 Å². The quantitative estimate of drug-likeness (QED) is 0.304. The lowest BCUT2D eigenvalue weighted by molar-refractivity contribution is -0.118. The zero-order chi connectivity index (χ0) is 26.8. The van der Waals surface area contributed by atoms with Gasteiger partial charge in [0.25, 0.3) is 5.91 Å². The maximum absolute atomic E-state index is 14.0. The molecule has 4 aromatic rings. The van der Waals surface area contributed by atoms with Crippen LogP contribution in [0.2, 0.25) is 5.02 Å². The van der Waals surface area contributed by atoms with Gasteiger partial charge >= 0.3 is 0 Å². The Kier molecular flexibility index (Phi) is 7.03. The average molecular weight is 531 g/mol. The summed E-state index contributed by atoms with van der Waals surface area (Å²) >= 11 is 6.23. The second kappa shape index (κ2) is 10.6. The second-order valence-corrected chi connectivity index (χ2v) is 9.18. The van der Waals surface area contributed by atoms with Gasteiger partial charge in [-0.25, -0.2) is 4.39 Å². The Labute approximate surface area is 224 Å². The van der Waals surface area contributed by atoms with Gasteiger partial charge in [-0.3, -0.25) is 14.5 Å². The van der Waals surface area contributed by atoms with Gasteiger partial charge < -0.3 is 14.8 Å². The minimum Gasteiger partial charge on any atom is -0.497 e. The predicted molar refractivity (Wildman–Crippen MR) is 145 cm³/mol. The number of benzene rings is 4. The van der Waals surface area contributed by atoms with Gasteiger partial charge in [0, 0.05) is 11.3 Å². The summed E-state index contributed by atoms with van der Waals surface area (Å²) < 4.78 is 24.3. The molecule has 38 heavy (non-hydrogen) atoms. The lowest BCUT2D eigenvalue weighted by Gasteiger charge is -2.42. The molecule has 0 bridgehead atoms. The van der Waals surface area contributed by atoms with Crippen LogP contribution in [-0.4, -0.2) is 26.0 Å². The molecular formula is C30H24ClFN2O4. The van der Waals surface area contributed by atoms with Gasteiger partial charge in [0.05, 0.1) is 36.9 Å². The summed E-state index contributed by atoms with van der Waals surface area (Å²) in [6.45, 7) is 0. The molecule has 0 spiro atoms. The molecule has 1 heterocycles. The Bertz CT molecular complexity index is 1490. The Balaban J connectivity index is 1.68. The number of hydrogen-bond donors (Lipinski definition) is 1. The molecule has 0 aromatic heterocycles. The molecule has 2 unspecified atom stereocenters. The number of halogens is 2. The third-order valence-electron chi connectivity index (χ3n) is 6.62. The number of methoxy groups -OCH3 is 2. The fourth-order valence-electron chi connectivity index (χ4n) is 4.79. The first-order valence-electron chi connectivity index (χ1n) is 11.9. The van der Waals surface area contributed by atoms with Crippen molar-refractivity contribution in [2.45, 2.75) is 12.0 Å². The Morgan fingerprint density at radius 1 is 0.895 bits per heavy atom. The van der Waals surface area contributed by atoms with Gasteiger partial charge in [-0.2, -0.15) is 0 Å². The third kappa shape index (κ3) is 4.68. The Morgan fingerprint density at radius 2 is 1.53 bits per heavy atom. The number of nitrogens with one attached hydrogen (secondary N) is 1. The molecular weight excluding hydrogens is 507 g/mol. The molecule has 0 aliphatic carbocycles. The van der Waals surface area contributed by atoms with Crippen LogP contribution in [-0.2, 0) is 4.79 Å². The summed E-state index contributed by atoms with van der Waals surface area (Å²) in [5.41, 5.74) is 2.60. The van der Waals surface area contributed by atoms with E-state index >= 15 is 0 Å². The molecule has 4 aromatic carbocycles. The summed E-state index contributed by atoms with van der Waals surface area (Å²) in [6.07, 6.45) is 0. The van der Waals surface area contributed by atoms with E-state index < -0.39 is 23.7 Å². The number of ether oxygens (including phenoxy) is 2. The van der Waals surface area contributed by atoms with Crippen LogP contribution >= 0.6 is 11.6 Å². The number of carbonyl (C=O) groups excluding carboxylic acids is 2. The van der Waals surface area contributed by atoms with Crippen molar-refractivity contribution in [3.8, 4) is 11.5 Å². The predicted octanol–water partition coefficient (Wildman–Crippen LogP) is 6.62. The molecule has 192 valence electrons. The Hall–Kier alpha value is -4.36. The molecule has 1 aliphatic heterocycles. The maximum Gasteiger partial charge on any atom is 0.259 e. The molecule has 5 rings (SSSR count). The molecule has 0 saturated heterocycles. The number of fused-ring (bicyclic) bond motifs is 1. The SMILES string of the molecule is COc1ccc(C2C(C(=O)Nc3ccc(F)cc3Cl)c3ccccc3C(=O)N2c2ccc(OC)cc2)cc1. The van der Waals surface area contributed by atoms with Gasteiger partial charge in [0.15, 0.2) is 0 Å². The normalized spacial score (nSPS) is 16.5. The highest BCUT2D eigenvalue weighted by molar-refractivity contribution is 6.33. The molecule has 0 radical (unpaired) electrons. The maximum atomic E-state index is 14.0. The van der Waals surface area contributed by atoms with Crippen LogP contribution in [0.1, 0.15) is 33.4 Å². The van der Waals surface area contributed by atoms with Crippen molar-refractivity contribution in [2.24, 2.45) is 0 Å². The summed E-state index contributed by atoms with van der Waals surface area (Å²) in [6, 6.07) is 24.5. The molecule has 0 fully saturated rings. The molecule has 0 saturated carbocycles. The zero-order valence-electron chi connectivity index (χ0n) is 20.7. The van der Waals surface area contributed by atoms with Gasteiger partial charge in [-0.1, -0.05) is 41.9 Å². The van der Waals surface area contributed by atoms with E-state index in [4.69, 9.17) is 21.1 Å². The number of carbonyl (C=O) groups is 2. The number of hydrogen-bond acceptors (Lipinski definition) is 4. The van der Waals surface area contributed by atoms with Crippen LogP contribution in [0.15, 0.2) is 91.0 Å². The topological polar surface area (TPSA) is 67.9 Å². The van der Waals surface area contributed by atoms with E-state index in [-0.39, 0.29) is 16.6 Å². The van der Waals surface area contributed by atoms with Crippen molar-refractivity contribution in [1.29, 1.82) is 0 Å². The lowest BCUT2D eigenvalue weighted by atomic mass is 9.78. The van der Waals surface area contributed by atoms with E-state index in [9.17, 15) is 14.0 Å². The zero-order valence-corrected chi connectivity index (χ0v) is 21.4. The van der Waals surface area contributed by atoms with E-state index in [1.54, 1.807) is 79.8 Å². The Morgan fingerprint density at radius 3 is 2.16 bits per heavy atom. The summed E-state index contributed by atoms with van der Waals surface area (Å²) in [5.74, 6) is -0.677. The van der Waals surface area contributed by atoms with Gasteiger partial charge in [-0.15, -0.1) is 0 Å². The monoisotopic (exact) mass is 530 g/mol. The van der Waals surface area contributed by atoms with E-state index in [1.165, 1.54) is 12.1 Å². The first kappa shape index (κ1) is 25.3. The first-order chi connectivity index (χ1) is 18.4. The van der Waals surface area contributed by atoms with Gasteiger partial charge in [0.1, 0.15) is 17.3 Å². The molecule has 2 amide bonds. The van der Waals surface area contributed by atoms with Crippen LogP contribution in [0.25, 0.3) is 0 Å². The van der Waals surface area contributed by atoms with Crippen molar-refractivity contribution in [1.82, 2.24) is 0 Å². The third-order valence-corrected chi connectivity index (χ3v) is 6.93. The number of amides is 2. The smallest absolute Gasteiger partial charge is 0.259 e. The molecule has 2 atom stereocenters. The molecule has 1 N–H and O–H groups in total. The van der Waals surface area contributed by atoms with E-state index in [0.29, 0.717) is 28.3 Å². The van der Waals surface area contributed by atoms with E-state index in [0.717, 1.165) is 11.6 Å². The van der Waals surface area contributed by atoms with Gasteiger partial charge in [0.2, 0.25) is 5.91 Å². The fourth-order valence-corrected chi connectivity index (χ4v) is 5.00. The highest BCUT2D eigenvalue weighted by atomic mass is 35.5. The standard InChI is InChI=1S/C30H24ClFN2O4/c1-37-21-12-7-18(8-13-21)28-27(29(35)33-26-16-9-19(32)17-25(26)31)23-5-3-4-6-24(23)30(36)34(28)20-10-14-22(38-2)15-11-20/h3-17,27-28H,1-2H3,(H,33,35). The number of nitrogens with zero attached hydrogens (tertiary/aromatic N) is 1. The van der Waals surface area contributed by atoms with Crippen molar-refractivity contribution >= 4 is 34.8 Å². The van der Waals surface area contributed by atoms with Crippen LogP contribution in [0, 0.1) is 5.82 Å². The lowest BCUT2D eigenvalue weighted by Crippen LogP contribution is -2.46. The summed E-state index contributed by atoms with van der Waals surface area (Å²) in [7, 11) is 3.14. The summed E-state index contributed by atoms with van der Waals surface area (Å²) in [4.78, 5) is 29.6. The molecule has 6 nitrogen and oxygen atoms in total. The fraction of sp³-hybridized carbons (Fsp3) is 0.133. The molecule has 1 aliphatic rings. The van der Waals surface area contributed by atoms with Gasteiger partial charge in [-0.05, 0) is 71.8 Å². The van der Waals surface area contributed by atoms with Crippen molar-refractivity contribution in [3.05, 3.63) is 119 Å². The van der Waals surface area contributed by atoms with E-state index in [2.05, 4.69) is 5.32 Å². The largest absolute Gasteiger partial charge is 0.497 e. The van der Waals surface area contributed by atoms with Crippen molar-refractivity contribution in [3.63, 3.8) is 0 Å². The number of rotatable bonds is 6. The van der Waals surface area contributed by atoms with Crippen LogP contribution in [0.5, 0.6) is 11.5 Å². The molecule has 8 heteroatoms. The van der Waals surface area contributed by atoms with Crippen LogP contribution < -0.4 is 19.7 Å². The van der Waals surface area contributed by atoms with Crippen LogP contribution in [0.3, 0.4) is 0 Å². The summed E-state index contributed by atoms with van der Waals surface area (Å²) in [5, 5.41) is 2.93. The minimum absolute atomic E-state index is 0.0755. The number of anilines is 2. The van der Waals surface area contributed by atoms with Crippen molar-refractivity contribution < 1.29 is 23.5 Å². The minimum atomic E-state index is -0.819. The second-order valence-electron chi connectivity index (χ2n) is 8.77. The first-order valence-corrected chi connectivity index (χ1v) is 12.3. The van der Waals surface area contributed by atoms with Crippen LogP contribution in [0.4, 0.5) is 15.8 Å². The highest BCUT2D eigenvalue weighted by Crippen LogP contribution is 2.46.